The monoisotopic (exact) mass is 684 g/mol. The highest BCUT2D eigenvalue weighted by molar-refractivity contribution is 9.10. The number of hydrogen-bond donors (Lipinski definition) is 5. The van der Waals surface area contributed by atoms with Crippen molar-refractivity contribution >= 4 is 53.2 Å². The Labute approximate surface area is 251 Å². The molecular formula is C25H25BrF3N8O5P. The third-order valence-electron chi connectivity index (χ3n) is 5.80. The lowest BCUT2D eigenvalue weighted by atomic mass is 10.1. The van der Waals surface area contributed by atoms with Crippen LogP contribution in [0.1, 0.15) is 28.0 Å². The lowest BCUT2D eigenvalue weighted by Crippen LogP contribution is -2.21. The first-order valence-electron chi connectivity index (χ1n) is 12.5. The number of benzene rings is 1. The summed E-state index contributed by atoms with van der Waals surface area (Å²) in [4.78, 5) is 33.8. The third-order valence-corrected chi connectivity index (χ3v) is 6.85. The number of alkyl halides is 3. The molecular weight excluding hydrogens is 660 g/mol. The summed E-state index contributed by atoms with van der Waals surface area (Å²) in [6, 6.07) is 7.66. The number of pyridine rings is 1. The lowest BCUT2D eigenvalue weighted by Gasteiger charge is -2.17. The summed E-state index contributed by atoms with van der Waals surface area (Å²) < 4.78 is 59.4. The zero-order chi connectivity index (χ0) is 31.1. The average Bonchev–Trinajstić information content (AvgIpc) is 3.44. The molecule has 0 saturated heterocycles. The molecule has 43 heavy (non-hydrogen) atoms. The number of carbonyl (C=O) groups excluding carboxylic acids is 1. The fourth-order valence-electron chi connectivity index (χ4n) is 3.75. The standard InChI is InChI=1S/C25H25BrF3N8O5P/c1-30-23(39)21-20(6-5-18(33-21)15-10-32-37(12-15)7-2-8-38)34-22-16(25(27,28)29)11-31-24(36-22)35-19-4-3-14(9-17(19)26)13-42-43(40)41/h3-6,9-12,38,43H,2,7-8,13H2,1H3,(H,30,39)(H,40,41)(H2,31,34,35,36). The molecule has 0 bridgehead atoms. The number of nitrogens with one attached hydrogen (secondary N) is 3. The molecule has 0 aliphatic heterocycles. The number of halogens is 4. The van der Waals surface area contributed by atoms with Gasteiger partial charge in [-0.25, -0.2) is 9.97 Å². The van der Waals surface area contributed by atoms with Gasteiger partial charge in [0.2, 0.25) is 5.95 Å². The van der Waals surface area contributed by atoms with Gasteiger partial charge in [0, 0.05) is 42.6 Å². The molecule has 1 aromatic carbocycles. The van der Waals surface area contributed by atoms with Gasteiger partial charge in [-0.05, 0) is 52.2 Å². The number of aryl methyl sites for hydroxylation is 1. The predicted octanol–water partition coefficient (Wildman–Crippen LogP) is 4.64. The first kappa shape index (κ1) is 32.0. The van der Waals surface area contributed by atoms with E-state index in [9.17, 15) is 22.5 Å². The van der Waals surface area contributed by atoms with Crippen molar-refractivity contribution in [2.24, 2.45) is 0 Å². The number of aromatic nitrogens is 5. The van der Waals surface area contributed by atoms with Gasteiger partial charge < -0.3 is 30.5 Å². The molecule has 1 unspecified atom stereocenters. The highest BCUT2D eigenvalue weighted by atomic mass is 79.9. The molecule has 0 spiro atoms. The quantitative estimate of drug-likeness (QED) is 0.131. The Morgan fingerprint density at radius 3 is 2.58 bits per heavy atom. The van der Waals surface area contributed by atoms with Gasteiger partial charge >= 0.3 is 14.4 Å². The number of carbonyl (C=O) groups is 1. The number of aliphatic hydroxyl groups is 1. The molecule has 0 radical (unpaired) electrons. The van der Waals surface area contributed by atoms with Gasteiger partial charge in [-0.2, -0.15) is 23.3 Å². The van der Waals surface area contributed by atoms with Crippen molar-refractivity contribution in [1.82, 2.24) is 30.0 Å². The fraction of sp³-hybridized carbons (Fsp3) is 0.240. The maximum absolute atomic E-state index is 13.9. The minimum absolute atomic E-state index is 0.00998. The molecule has 0 fully saturated rings. The van der Waals surface area contributed by atoms with E-state index in [2.05, 4.69) is 51.9 Å². The minimum Gasteiger partial charge on any atom is -0.396 e. The van der Waals surface area contributed by atoms with E-state index in [4.69, 9.17) is 14.5 Å². The molecule has 1 amide bonds. The maximum atomic E-state index is 13.9. The summed E-state index contributed by atoms with van der Waals surface area (Å²) >= 11 is 3.33. The molecule has 228 valence electrons. The topological polar surface area (TPSA) is 176 Å². The highest BCUT2D eigenvalue weighted by Crippen LogP contribution is 2.37. The van der Waals surface area contributed by atoms with Crippen LogP contribution in [0, 0.1) is 0 Å². The van der Waals surface area contributed by atoms with Crippen molar-refractivity contribution < 1.29 is 37.1 Å². The molecule has 4 aromatic rings. The van der Waals surface area contributed by atoms with E-state index >= 15 is 0 Å². The van der Waals surface area contributed by atoms with Gasteiger partial charge in [0.1, 0.15) is 11.4 Å². The average molecular weight is 685 g/mol. The van der Waals surface area contributed by atoms with Gasteiger partial charge in [0.25, 0.3) is 5.91 Å². The lowest BCUT2D eigenvalue weighted by molar-refractivity contribution is -0.137. The first-order chi connectivity index (χ1) is 20.5. The van der Waals surface area contributed by atoms with Crippen LogP contribution in [0.25, 0.3) is 11.3 Å². The number of amides is 1. The van der Waals surface area contributed by atoms with Crippen molar-refractivity contribution in [2.75, 3.05) is 24.3 Å². The normalized spacial score (nSPS) is 12.2. The van der Waals surface area contributed by atoms with Gasteiger partial charge in [-0.3, -0.25) is 14.0 Å². The number of hydrogen-bond acceptors (Lipinski definition) is 10. The van der Waals surface area contributed by atoms with E-state index in [1.165, 1.54) is 25.4 Å². The van der Waals surface area contributed by atoms with Crippen LogP contribution >= 0.6 is 24.2 Å². The minimum atomic E-state index is -4.83. The van der Waals surface area contributed by atoms with Gasteiger partial charge in [0.15, 0.2) is 5.69 Å². The SMILES string of the molecule is CNC(=O)c1nc(-c2cnn(CCCO)c2)ccc1Nc1nc(Nc2ccc(CO[PH](=O)O)cc2Br)ncc1C(F)(F)F. The Morgan fingerprint density at radius 1 is 1.14 bits per heavy atom. The summed E-state index contributed by atoms with van der Waals surface area (Å²) in [6.45, 7) is 0.332. The van der Waals surface area contributed by atoms with Crippen LogP contribution in [0.4, 0.5) is 36.3 Å². The molecule has 5 N–H and O–H groups in total. The van der Waals surface area contributed by atoms with Gasteiger partial charge in [0.05, 0.1) is 29.9 Å². The second-order valence-corrected chi connectivity index (χ2v) is 10.5. The molecule has 13 nitrogen and oxygen atoms in total. The second kappa shape index (κ2) is 14.1. The maximum Gasteiger partial charge on any atom is 0.421 e. The summed E-state index contributed by atoms with van der Waals surface area (Å²) in [6.07, 6.45) is -0.536. The van der Waals surface area contributed by atoms with Crippen LogP contribution in [0.3, 0.4) is 0 Å². The Morgan fingerprint density at radius 2 is 1.91 bits per heavy atom. The predicted molar refractivity (Wildman–Crippen MR) is 154 cm³/mol. The fourth-order valence-corrected chi connectivity index (χ4v) is 4.57. The van der Waals surface area contributed by atoms with Crippen molar-refractivity contribution in [2.45, 2.75) is 25.7 Å². The molecule has 4 rings (SSSR count). The van der Waals surface area contributed by atoms with Crippen LogP contribution < -0.4 is 16.0 Å². The third kappa shape index (κ3) is 8.36. The van der Waals surface area contributed by atoms with E-state index in [1.54, 1.807) is 29.1 Å². The van der Waals surface area contributed by atoms with Crippen molar-refractivity contribution in [3.05, 3.63) is 70.2 Å². The highest BCUT2D eigenvalue weighted by Gasteiger charge is 2.36. The Hall–Kier alpha value is -3.89. The van der Waals surface area contributed by atoms with Crippen LogP contribution in [0.5, 0.6) is 0 Å². The van der Waals surface area contributed by atoms with Crippen LogP contribution in [-0.2, 0) is 28.4 Å². The van der Waals surface area contributed by atoms with E-state index in [-0.39, 0.29) is 30.5 Å². The molecule has 0 saturated carbocycles. The molecule has 3 heterocycles. The Kier molecular flexibility index (Phi) is 10.5. The van der Waals surface area contributed by atoms with Crippen molar-refractivity contribution in [1.29, 1.82) is 0 Å². The van der Waals surface area contributed by atoms with Crippen LogP contribution in [0.15, 0.2) is 53.4 Å². The molecule has 18 heteroatoms. The number of nitrogens with zero attached hydrogens (tertiary/aromatic N) is 5. The molecule has 0 aliphatic rings. The molecule has 3 aromatic heterocycles. The number of anilines is 4. The molecule has 0 aliphatic carbocycles. The number of aliphatic hydroxyl groups excluding tert-OH is 1. The summed E-state index contributed by atoms with van der Waals surface area (Å²) in [5.74, 6) is -1.48. The summed E-state index contributed by atoms with van der Waals surface area (Å²) in [7, 11) is -1.76. The van der Waals surface area contributed by atoms with E-state index in [1.807, 2.05) is 0 Å². The van der Waals surface area contributed by atoms with Crippen LogP contribution in [0.2, 0.25) is 0 Å². The Balaban J connectivity index is 1.66. The smallest absolute Gasteiger partial charge is 0.396 e. The van der Waals surface area contributed by atoms with E-state index in [0.717, 1.165) is 0 Å². The Bertz CT molecular complexity index is 1640. The van der Waals surface area contributed by atoms with Crippen molar-refractivity contribution in [3.63, 3.8) is 0 Å². The zero-order valence-electron chi connectivity index (χ0n) is 22.3. The zero-order valence-corrected chi connectivity index (χ0v) is 24.9. The second-order valence-electron chi connectivity index (χ2n) is 8.81. The summed E-state index contributed by atoms with van der Waals surface area (Å²) in [5.41, 5.74) is 0.466. The van der Waals surface area contributed by atoms with E-state index in [0.29, 0.717) is 46.1 Å². The van der Waals surface area contributed by atoms with E-state index < -0.39 is 31.7 Å². The summed E-state index contributed by atoms with van der Waals surface area (Å²) in [5, 5.41) is 21.1. The number of rotatable bonds is 12. The van der Waals surface area contributed by atoms with Crippen molar-refractivity contribution in [3.8, 4) is 11.3 Å². The molecule has 1 atom stereocenters. The first-order valence-corrected chi connectivity index (χ1v) is 14.5. The van der Waals surface area contributed by atoms with Gasteiger partial charge in [-0.15, -0.1) is 0 Å². The van der Waals surface area contributed by atoms with Gasteiger partial charge in [-0.1, -0.05) is 6.07 Å². The van der Waals surface area contributed by atoms with Crippen LogP contribution in [-0.4, -0.2) is 54.3 Å². The largest absolute Gasteiger partial charge is 0.421 e.